The summed E-state index contributed by atoms with van der Waals surface area (Å²) in [6.07, 6.45) is 1.89. The molecule has 3 rings (SSSR count). The second kappa shape index (κ2) is 8.86. The highest BCUT2D eigenvalue weighted by molar-refractivity contribution is 5.91. The lowest BCUT2D eigenvalue weighted by atomic mass is 10.0. The average Bonchev–Trinajstić information content (AvgIpc) is 3.07. The van der Waals surface area contributed by atoms with Crippen LogP contribution in [0.4, 0.5) is 10.5 Å². The molecule has 2 aromatic rings. The number of carbonyl (C=O) groups excluding carboxylic acids is 1. The summed E-state index contributed by atoms with van der Waals surface area (Å²) in [6, 6.07) is 18.2. The summed E-state index contributed by atoms with van der Waals surface area (Å²) < 4.78 is 5.54. The summed E-state index contributed by atoms with van der Waals surface area (Å²) in [7, 11) is 0. The number of carbonyl (C=O) groups is 1. The van der Waals surface area contributed by atoms with E-state index in [1.165, 1.54) is 6.42 Å². The zero-order valence-electron chi connectivity index (χ0n) is 15.7. The van der Waals surface area contributed by atoms with Crippen molar-refractivity contribution >= 4 is 11.8 Å². The molecule has 1 amide bonds. The molecule has 0 unspecified atom stereocenters. The number of ether oxygens (including phenoxy) is 1. The van der Waals surface area contributed by atoms with Gasteiger partial charge < -0.3 is 4.74 Å². The first kappa shape index (κ1) is 18.5. The number of nitrogens with zero attached hydrogens (tertiary/aromatic N) is 1. The van der Waals surface area contributed by atoms with Crippen molar-refractivity contribution in [3.63, 3.8) is 0 Å². The maximum absolute atomic E-state index is 12.3. The molecule has 2 aromatic carbocycles. The molecule has 0 aliphatic carbocycles. The molecule has 1 aliphatic rings. The number of anilines is 1. The molecule has 1 heterocycles. The lowest BCUT2D eigenvalue weighted by Crippen LogP contribution is -2.36. The molecule has 0 aromatic heterocycles. The molecule has 1 atom stereocenters. The van der Waals surface area contributed by atoms with Crippen LogP contribution in [0.5, 0.6) is 0 Å². The van der Waals surface area contributed by atoms with Crippen LogP contribution in [0.15, 0.2) is 54.6 Å². The highest BCUT2D eigenvalue weighted by Crippen LogP contribution is 2.27. The first-order chi connectivity index (χ1) is 12.6. The Morgan fingerprint density at radius 1 is 1.15 bits per heavy atom. The summed E-state index contributed by atoms with van der Waals surface area (Å²) in [6.45, 7) is 7.07. The zero-order valence-corrected chi connectivity index (χ0v) is 15.7. The van der Waals surface area contributed by atoms with Gasteiger partial charge in [-0.3, -0.25) is 10.2 Å². The first-order valence-corrected chi connectivity index (χ1v) is 9.46. The predicted molar refractivity (Wildman–Crippen MR) is 106 cm³/mol. The smallest absolute Gasteiger partial charge is 0.411 e. The van der Waals surface area contributed by atoms with E-state index in [0.717, 1.165) is 36.3 Å². The molecule has 0 radical (unpaired) electrons. The minimum Gasteiger partial charge on any atom is -0.448 e. The molecule has 138 valence electrons. The molecule has 0 spiro atoms. The Balaban J connectivity index is 1.59. The van der Waals surface area contributed by atoms with E-state index in [1.54, 1.807) is 0 Å². The molecule has 1 saturated heterocycles. The van der Waals surface area contributed by atoms with Crippen molar-refractivity contribution < 1.29 is 9.53 Å². The quantitative estimate of drug-likeness (QED) is 0.793. The van der Waals surface area contributed by atoms with Gasteiger partial charge in [-0.05, 0) is 36.9 Å². The number of amides is 1. The van der Waals surface area contributed by atoms with Crippen LogP contribution in [-0.4, -0.2) is 36.7 Å². The average molecular weight is 352 g/mol. The Hall–Kier alpha value is -2.33. The van der Waals surface area contributed by atoms with Gasteiger partial charge in [-0.1, -0.05) is 62.4 Å². The Bertz CT molecular complexity index is 715. The SMILES string of the molecule is CC(C)CN1CCC[C@H]1COC(=O)Nc1ccccc1-c1ccccc1. The number of likely N-dealkylation sites (tertiary alicyclic amines) is 1. The number of para-hydroxylation sites is 1. The highest BCUT2D eigenvalue weighted by Gasteiger charge is 2.26. The van der Waals surface area contributed by atoms with E-state index in [9.17, 15) is 4.79 Å². The normalized spacial score (nSPS) is 17.4. The van der Waals surface area contributed by atoms with Crippen LogP contribution in [0.2, 0.25) is 0 Å². The Morgan fingerprint density at radius 2 is 1.88 bits per heavy atom. The maximum Gasteiger partial charge on any atom is 0.411 e. The van der Waals surface area contributed by atoms with Crippen LogP contribution in [0.1, 0.15) is 26.7 Å². The molecule has 1 N–H and O–H groups in total. The number of nitrogens with one attached hydrogen (secondary N) is 1. The van der Waals surface area contributed by atoms with Crippen LogP contribution in [0, 0.1) is 5.92 Å². The lowest BCUT2D eigenvalue weighted by Gasteiger charge is -2.25. The summed E-state index contributed by atoms with van der Waals surface area (Å²) in [5.41, 5.74) is 2.84. The molecular weight excluding hydrogens is 324 g/mol. The predicted octanol–water partition coefficient (Wildman–Crippen LogP) is 5.02. The Kier molecular flexibility index (Phi) is 6.29. The van der Waals surface area contributed by atoms with Crippen LogP contribution in [0.25, 0.3) is 11.1 Å². The zero-order chi connectivity index (χ0) is 18.4. The van der Waals surface area contributed by atoms with E-state index in [2.05, 4.69) is 24.1 Å². The molecule has 4 nitrogen and oxygen atoms in total. The summed E-state index contributed by atoms with van der Waals surface area (Å²) >= 11 is 0. The van der Waals surface area contributed by atoms with Crippen molar-refractivity contribution in [2.75, 3.05) is 25.0 Å². The van der Waals surface area contributed by atoms with Crippen molar-refractivity contribution in [3.05, 3.63) is 54.6 Å². The van der Waals surface area contributed by atoms with Gasteiger partial charge in [-0.15, -0.1) is 0 Å². The van der Waals surface area contributed by atoms with Gasteiger partial charge in [0.2, 0.25) is 0 Å². The van der Waals surface area contributed by atoms with E-state index < -0.39 is 0 Å². The van der Waals surface area contributed by atoms with Gasteiger partial charge in [0.15, 0.2) is 0 Å². The molecule has 0 saturated carbocycles. The number of hydrogen-bond donors (Lipinski definition) is 1. The molecule has 1 fully saturated rings. The van der Waals surface area contributed by atoms with Crippen molar-refractivity contribution in [2.24, 2.45) is 5.92 Å². The van der Waals surface area contributed by atoms with Gasteiger partial charge in [0, 0.05) is 18.2 Å². The van der Waals surface area contributed by atoms with Crippen LogP contribution < -0.4 is 5.32 Å². The van der Waals surface area contributed by atoms with E-state index in [1.807, 2.05) is 54.6 Å². The van der Waals surface area contributed by atoms with Crippen molar-refractivity contribution in [1.82, 2.24) is 4.90 Å². The minimum absolute atomic E-state index is 0.340. The standard InChI is InChI=1S/C22H28N2O2/c1-17(2)15-24-14-8-11-19(24)16-26-22(25)23-21-13-7-6-12-20(21)18-9-4-3-5-10-18/h3-7,9-10,12-13,17,19H,8,11,14-16H2,1-2H3,(H,23,25)/t19-/m0/s1. The molecule has 0 bridgehead atoms. The first-order valence-electron chi connectivity index (χ1n) is 9.46. The maximum atomic E-state index is 12.3. The molecular formula is C22H28N2O2. The summed E-state index contributed by atoms with van der Waals surface area (Å²) in [5, 5.41) is 2.91. The summed E-state index contributed by atoms with van der Waals surface area (Å²) in [5.74, 6) is 0.627. The Morgan fingerprint density at radius 3 is 2.65 bits per heavy atom. The largest absolute Gasteiger partial charge is 0.448 e. The van der Waals surface area contributed by atoms with E-state index in [4.69, 9.17) is 4.74 Å². The monoisotopic (exact) mass is 352 g/mol. The van der Waals surface area contributed by atoms with Gasteiger partial charge in [-0.2, -0.15) is 0 Å². The number of hydrogen-bond acceptors (Lipinski definition) is 3. The molecule has 26 heavy (non-hydrogen) atoms. The third kappa shape index (κ3) is 4.85. The van der Waals surface area contributed by atoms with Gasteiger partial charge in [0.1, 0.15) is 6.61 Å². The third-order valence-corrected chi connectivity index (χ3v) is 4.75. The van der Waals surface area contributed by atoms with Crippen LogP contribution >= 0.6 is 0 Å². The highest BCUT2D eigenvalue weighted by atomic mass is 16.5. The second-order valence-electron chi connectivity index (χ2n) is 7.32. The number of rotatable bonds is 6. The second-order valence-corrected chi connectivity index (χ2v) is 7.32. The van der Waals surface area contributed by atoms with Crippen molar-refractivity contribution in [3.8, 4) is 11.1 Å². The molecule has 4 heteroatoms. The third-order valence-electron chi connectivity index (χ3n) is 4.75. The van der Waals surface area contributed by atoms with Gasteiger partial charge in [0.05, 0.1) is 5.69 Å². The molecule has 1 aliphatic heterocycles. The van der Waals surface area contributed by atoms with Crippen LogP contribution in [-0.2, 0) is 4.74 Å². The van der Waals surface area contributed by atoms with Gasteiger partial charge in [0.25, 0.3) is 0 Å². The minimum atomic E-state index is -0.384. The van der Waals surface area contributed by atoms with Crippen molar-refractivity contribution in [2.45, 2.75) is 32.7 Å². The van der Waals surface area contributed by atoms with Gasteiger partial charge >= 0.3 is 6.09 Å². The fraction of sp³-hybridized carbons (Fsp3) is 0.409. The lowest BCUT2D eigenvalue weighted by molar-refractivity contribution is 0.112. The number of benzene rings is 2. The fourth-order valence-electron chi connectivity index (χ4n) is 3.57. The van der Waals surface area contributed by atoms with Crippen molar-refractivity contribution in [1.29, 1.82) is 0 Å². The topological polar surface area (TPSA) is 41.6 Å². The Labute approximate surface area is 156 Å². The van der Waals surface area contributed by atoms with E-state index in [0.29, 0.717) is 18.6 Å². The fourth-order valence-corrected chi connectivity index (χ4v) is 3.57. The van der Waals surface area contributed by atoms with Gasteiger partial charge in [-0.25, -0.2) is 4.79 Å². The van der Waals surface area contributed by atoms with E-state index in [-0.39, 0.29) is 6.09 Å². The van der Waals surface area contributed by atoms with E-state index >= 15 is 0 Å². The van der Waals surface area contributed by atoms with Crippen LogP contribution in [0.3, 0.4) is 0 Å². The summed E-state index contributed by atoms with van der Waals surface area (Å²) in [4.78, 5) is 14.8.